The Balaban J connectivity index is 1.95. The van der Waals surface area contributed by atoms with Crippen molar-refractivity contribution in [2.75, 3.05) is 26.2 Å². The van der Waals surface area contributed by atoms with Gasteiger partial charge >= 0.3 is 7.05 Å². The Kier molecular flexibility index (Phi) is 4.51. The van der Waals surface area contributed by atoms with Crippen molar-refractivity contribution >= 4 is 7.05 Å². The molecule has 1 N–H and O–H groups in total. The smallest absolute Gasteiger partial charge is 0.376 e. The largest absolute Gasteiger partial charge is 0.437 e. The Bertz CT molecular complexity index is 283. The average Bonchev–Trinajstić information content (AvgIpc) is 2.54. The number of piperazine rings is 1. The third-order valence-corrected chi connectivity index (χ3v) is 4.18. The zero-order valence-electron chi connectivity index (χ0n) is 11.3. The first-order chi connectivity index (χ1) is 8.18. The van der Waals surface area contributed by atoms with Gasteiger partial charge in [0.05, 0.1) is 0 Å². The molecule has 1 heterocycles. The van der Waals surface area contributed by atoms with E-state index < -0.39 is 0 Å². The third-order valence-electron chi connectivity index (χ3n) is 4.18. The van der Waals surface area contributed by atoms with Crippen LogP contribution in [0.3, 0.4) is 0 Å². The van der Waals surface area contributed by atoms with Crippen LogP contribution >= 0.6 is 0 Å². The predicted molar refractivity (Wildman–Crippen MR) is 72.8 cm³/mol. The standard InChI is InChI=1S/C13H25BN2O/c1-12-6-4-3-5-7-13(12)15-8-10-16(11-9-15)14(2)17/h17H,3-11H2,1-2H3. The Hall–Kier alpha value is -0.475. The molecule has 0 amide bonds. The van der Waals surface area contributed by atoms with Crippen molar-refractivity contribution in [2.45, 2.75) is 45.9 Å². The lowest BCUT2D eigenvalue weighted by Gasteiger charge is -2.38. The van der Waals surface area contributed by atoms with Crippen molar-refractivity contribution in [1.82, 2.24) is 9.71 Å². The summed E-state index contributed by atoms with van der Waals surface area (Å²) < 4.78 is 0. The summed E-state index contributed by atoms with van der Waals surface area (Å²) in [4.78, 5) is 4.71. The van der Waals surface area contributed by atoms with E-state index in [1.807, 2.05) is 6.82 Å². The van der Waals surface area contributed by atoms with E-state index in [1.54, 1.807) is 11.3 Å². The number of hydrogen-bond acceptors (Lipinski definition) is 3. The van der Waals surface area contributed by atoms with Gasteiger partial charge in [-0.2, -0.15) is 0 Å². The topological polar surface area (TPSA) is 26.7 Å². The Morgan fingerprint density at radius 3 is 2.29 bits per heavy atom. The van der Waals surface area contributed by atoms with Crippen LogP contribution in [0.4, 0.5) is 0 Å². The molecule has 0 bridgehead atoms. The molecule has 0 atom stereocenters. The van der Waals surface area contributed by atoms with Crippen molar-refractivity contribution in [1.29, 1.82) is 0 Å². The first kappa shape index (κ1) is 13.0. The fraction of sp³-hybridized carbons (Fsp3) is 0.846. The summed E-state index contributed by atoms with van der Waals surface area (Å²) in [5.41, 5.74) is 3.21. The molecule has 17 heavy (non-hydrogen) atoms. The maximum atomic E-state index is 9.57. The number of allylic oxidation sites excluding steroid dienone is 2. The molecular formula is C13H25BN2O. The van der Waals surface area contributed by atoms with Gasteiger partial charge in [0.15, 0.2) is 0 Å². The van der Waals surface area contributed by atoms with Crippen LogP contribution in [0.5, 0.6) is 0 Å². The van der Waals surface area contributed by atoms with Crippen LogP contribution in [0.15, 0.2) is 11.3 Å². The van der Waals surface area contributed by atoms with E-state index in [0.717, 1.165) is 26.2 Å². The van der Waals surface area contributed by atoms with E-state index >= 15 is 0 Å². The molecule has 0 spiro atoms. The average molecular weight is 236 g/mol. The molecule has 0 saturated carbocycles. The van der Waals surface area contributed by atoms with Gasteiger partial charge in [0.1, 0.15) is 0 Å². The van der Waals surface area contributed by atoms with E-state index in [4.69, 9.17) is 0 Å². The van der Waals surface area contributed by atoms with Gasteiger partial charge in [0, 0.05) is 31.9 Å². The van der Waals surface area contributed by atoms with Gasteiger partial charge in [0.2, 0.25) is 0 Å². The normalized spacial score (nSPS) is 23.8. The van der Waals surface area contributed by atoms with Gasteiger partial charge in [-0.15, -0.1) is 0 Å². The maximum absolute atomic E-state index is 9.57. The molecule has 0 aromatic carbocycles. The van der Waals surface area contributed by atoms with E-state index in [-0.39, 0.29) is 7.05 Å². The second-order valence-electron chi connectivity index (χ2n) is 5.44. The van der Waals surface area contributed by atoms with Crippen LogP contribution in [-0.4, -0.2) is 48.0 Å². The number of hydrogen-bond donors (Lipinski definition) is 1. The molecule has 3 nitrogen and oxygen atoms in total. The highest BCUT2D eigenvalue weighted by Crippen LogP contribution is 2.26. The quantitative estimate of drug-likeness (QED) is 0.742. The molecule has 0 radical (unpaired) electrons. The zero-order chi connectivity index (χ0) is 12.3. The second-order valence-corrected chi connectivity index (χ2v) is 5.44. The molecule has 96 valence electrons. The van der Waals surface area contributed by atoms with Crippen LogP contribution in [0, 0.1) is 0 Å². The molecular weight excluding hydrogens is 211 g/mol. The third kappa shape index (κ3) is 3.26. The minimum absolute atomic E-state index is 0.290. The SMILES string of the molecule is CB(O)N1CCN(C2=C(C)CCCCC2)CC1. The minimum Gasteiger partial charge on any atom is -0.437 e. The van der Waals surface area contributed by atoms with Crippen molar-refractivity contribution in [3.05, 3.63) is 11.3 Å². The summed E-state index contributed by atoms with van der Waals surface area (Å²) in [5, 5.41) is 9.57. The van der Waals surface area contributed by atoms with E-state index in [2.05, 4.69) is 16.6 Å². The van der Waals surface area contributed by atoms with Crippen LogP contribution in [0.25, 0.3) is 0 Å². The lowest BCUT2D eigenvalue weighted by Crippen LogP contribution is -2.51. The lowest BCUT2D eigenvalue weighted by atomic mass is 9.84. The van der Waals surface area contributed by atoms with Gasteiger partial charge < -0.3 is 14.7 Å². The van der Waals surface area contributed by atoms with Crippen LogP contribution in [0.1, 0.15) is 39.0 Å². The molecule has 2 aliphatic rings. The summed E-state index contributed by atoms with van der Waals surface area (Å²) in [6.07, 6.45) is 6.65. The molecule has 0 unspecified atom stereocenters. The van der Waals surface area contributed by atoms with Gasteiger partial charge in [-0.3, -0.25) is 0 Å². The van der Waals surface area contributed by atoms with E-state index in [0.29, 0.717) is 0 Å². The van der Waals surface area contributed by atoms with E-state index in [9.17, 15) is 5.02 Å². The summed E-state index contributed by atoms with van der Waals surface area (Å²) >= 11 is 0. The second kappa shape index (κ2) is 5.92. The van der Waals surface area contributed by atoms with Crippen LogP contribution in [0.2, 0.25) is 6.82 Å². The van der Waals surface area contributed by atoms with Gasteiger partial charge in [-0.05, 0) is 39.4 Å². The maximum Gasteiger partial charge on any atom is 0.376 e. The van der Waals surface area contributed by atoms with Gasteiger partial charge in [-0.1, -0.05) is 12.0 Å². The fourth-order valence-corrected chi connectivity index (χ4v) is 3.01. The Morgan fingerprint density at radius 2 is 1.65 bits per heavy atom. The Morgan fingerprint density at radius 1 is 1.00 bits per heavy atom. The van der Waals surface area contributed by atoms with Crippen molar-refractivity contribution in [3.63, 3.8) is 0 Å². The highest BCUT2D eigenvalue weighted by Gasteiger charge is 2.24. The van der Waals surface area contributed by atoms with Crippen LogP contribution in [-0.2, 0) is 0 Å². The lowest BCUT2D eigenvalue weighted by molar-refractivity contribution is 0.206. The highest BCUT2D eigenvalue weighted by atomic mass is 16.2. The molecule has 2 rings (SSSR count). The summed E-state index contributed by atoms with van der Waals surface area (Å²) in [7, 11) is -0.290. The van der Waals surface area contributed by atoms with Crippen molar-refractivity contribution in [2.24, 2.45) is 0 Å². The molecule has 0 aromatic rings. The first-order valence-electron chi connectivity index (χ1n) is 7.04. The summed E-state index contributed by atoms with van der Waals surface area (Å²) in [6, 6.07) is 0. The molecule has 1 saturated heterocycles. The highest BCUT2D eigenvalue weighted by molar-refractivity contribution is 6.45. The molecule has 1 fully saturated rings. The molecule has 0 aromatic heterocycles. The van der Waals surface area contributed by atoms with Crippen LogP contribution < -0.4 is 0 Å². The molecule has 4 heteroatoms. The van der Waals surface area contributed by atoms with Crippen molar-refractivity contribution < 1.29 is 5.02 Å². The van der Waals surface area contributed by atoms with E-state index in [1.165, 1.54) is 32.1 Å². The number of nitrogens with zero attached hydrogens (tertiary/aromatic N) is 2. The minimum atomic E-state index is -0.290. The van der Waals surface area contributed by atoms with Gasteiger partial charge in [0.25, 0.3) is 0 Å². The zero-order valence-corrected chi connectivity index (χ0v) is 11.3. The first-order valence-corrected chi connectivity index (χ1v) is 7.04. The Labute approximate surface area is 106 Å². The monoisotopic (exact) mass is 236 g/mol. The number of rotatable bonds is 2. The molecule has 1 aliphatic heterocycles. The summed E-state index contributed by atoms with van der Waals surface area (Å²) in [5.74, 6) is 0. The predicted octanol–water partition coefficient (Wildman–Crippen LogP) is 1.95. The molecule has 1 aliphatic carbocycles. The summed E-state index contributed by atoms with van der Waals surface area (Å²) in [6.45, 7) is 8.32. The fourth-order valence-electron chi connectivity index (χ4n) is 3.01. The van der Waals surface area contributed by atoms with Crippen molar-refractivity contribution in [3.8, 4) is 0 Å². The van der Waals surface area contributed by atoms with Gasteiger partial charge in [-0.25, -0.2) is 0 Å².